The number of methoxy groups -OCH3 is 2. The van der Waals surface area contributed by atoms with Crippen molar-refractivity contribution >= 4 is 31.7 Å². The quantitative estimate of drug-likeness (QED) is 0.229. The normalized spacial score (nSPS) is 18.0. The van der Waals surface area contributed by atoms with Gasteiger partial charge in [-0.05, 0) is 66.4 Å². The highest BCUT2D eigenvalue weighted by atomic mass is 28.4. The van der Waals surface area contributed by atoms with Gasteiger partial charge in [0.05, 0.1) is 46.6 Å². The van der Waals surface area contributed by atoms with E-state index in [1.165, 1.54) is 6.92 Å². The number of ketones is 2. The molecule has 2 heterocycles. The Labute approximate surface area is 337 Å². The first kappa shape index (κ1) is 48.5. The predicted octanol–water partition coefficient (Wildman–Crippen LogP) is 5.11. The summed E-state index contributed by atoms with van der Waals surface area (Å²) in [6.45, 7) is 19.3. The summed E-state index contributed by atoms with van der Waals surface area (Å²) < 4.78 is 16.8. The standard InChI is InChI=1S/C24H40N2O4Si.C18H26N2O4.CH4/c1-19(27)25-14-15-26(21(16-25)18-30-31(6,7)24(2,3)4)17-22(28)11-8-20-9-12-23(29-5)13-10-20;1-14(22)19-9-10-20(16(11-19)13-21)12-17(23)6-3-15-4-7-18(24-2)8-5-15;/h9-10,12-13,21H,8,11,14-18H2,1-7H3;4-5,7-8,16,21H,3,6,9-13H2,1-2H3;1H4. The highest BCUT2D eigenvalue weighted by molar-refractivity contribution is 6.74. The second-order valence-electron chi connectivity index (χ2n) is 16.2. The Morgan fingerprint density at radius 1 is 0.696 bits per heavy atom. The van der Waals surface area contributed by atoms with Crippen LogP contribution in [0.4, 0.5) is 0 Å². The molecule has 0 aromatic heterocycles. The highest BCUT2D eigenvalue weighted by Crippen LogP contribution is 2.36. The molecule has 4 rings (SSSR count). The monoisotopic (exact) mass is 798 g/mol. The molecule has 2 aliphatic heterocycles. The number of carbonyl (C=O) groups is 4. The number of aryl methyl sites for hydroxylation is 2. The number of hydrogen-bond acceptors (Lipinski definition) is 10. The molecule has 2 saturated heterocycles. The Hall–Kier alpha value is -3.62. The minimum Gasteiger partial charge on any atom is -0.497 e. The molecule has 12 nitrogen and oxygen atoms in total. The molecule has 314 valence electrons. The van der Waals surface area contributed by atoms with E-state index in [2.05, 4.69) is 38.8 Å². The highest BCUT2D eigenvalue weighted by Gasteiger charge is 2.39. The third-order valence-electron chi connectivity index (χ3n) is 11.2. The van der Waals surface area contributed by atoms with E-state index in [1.54, 1.807) is 26.0 Å². The minimum atomic E-state index is -1.90. The number of nitrogens with zero attached hydrogens (tertiary/aromatic N) is 4. The van der Waals surface area contributed by atoms with Crippen molar-refractivity contribution in [1.82, 2.24) is 19.6 Å². The van der Waals surface area contributed by atoms with Crippen molar-refractivity contribution in [2.24, 2.45) is 0 Å². The van der Waals surface area contributed by atoms with Gasteiger partial charge in [0.2, 0.25) is 11.8 Å². The molecular formula is C43H70N4O8Si. The number of carbonyl (C=O) groups excluding carboxylic acids is 4. The van der Waals surface area contributed by atoms with E-state index in [9.17, 15) is 24.3 Å². The topological polar surface area (TPSA) is 129 Å². The lowest BCUT2D eigenvalue weighted by atomic mass is 10.1. The van der Waals surface area contributed by atoms with Gasteiger partial charge in [-0.15, -0.1) is 0 Å². The van der Waals surface area contributed by atoms with Crippen LogP contribution < -0.4 is 9.47 Å². The number of aliphatic hydroxyl groups excluding tert-OH is 1. The van der Waals surface area contributed by atoms with Gasteiger partial charge < -0.3 is 28.8 Å². The van der Waals surface area contributed by atoms with Crippen molar-refractivity contribution in [3.63, 3.8) is 0 Å². The number of Topliss-reactive ketones (excluding diaryl/α,β-unsaturated/α-hetero) is 2. The van der Waals surface area contributed by atoms with E-state index in [0.29, 0.717) is 78.2 Å². The lowest BCUT2D eigenvalue weighted by Gasteiger charge is -2.43. The number of ether oxygens (including phenoxy) is 2. The average Bonchev–Trinajstić information content (AvgIpc) is 3.16. The molecule has 2 aromatic carbocycles. The molecule has 2 aromatic rings. The van der Waals surface area contributed by atoms with E-state index >= 15 is 0 Å². The van der Waals surface area contributed by atoms with Crippen LogP contribution in [0.3, 0.4) is 0 Å². The van der Waals surface area contributed by atoms with Crippen LogP contribution in [-0.4, -0.2) is 148 Å². The first-order valence-electron chi connectivity index (χ1n) is 19.5. The first-order valence-corrected chi connectivity index (χ1v) is 22.4. The molecular weight excluding hydrogens is 729 g/mol. The molecule has 13 heteroatoms. The zero-order chi connectivity index (χ0) is 40.8. The zero-order valence-corrected chi connectivity index (χ0v) is 35.8. The second kappa shape index (κ2) is 22.9. The van der Waals surface area contributed by atoms with Crippen LogP contribution in [0.2, 0.25) is 18.1 Å². The molecule has 0 spiro atoms. The first-order chi connectivity index (χ1) is 26.0. The van der Waals surface area contributed by atoms with Crippen LogP contribution >= 0.6 is 0 Å². The van der Waals surface area contributed by atoms with Gasteiger partial charge in [-0.2, -0.15) is 0 Å². The van der Waals surface area contributed by atoms with Crippen molar-refractivity contribution in [3.8, 4) is 11.5 Å². The maximum absolute atomic E-state index is 12.8. The Morgan fingerprint density at radius 3 is 1.45 bits per heavy atom. The molecule has 0 radical (unpaired) electrons. The molecule has 2 aliphatic rings. The van der Waals surface area contributed by atoms with Gasteiger partial charge in [-0.1, -0.05) is 52.5 Å². The predicted molar refractivity (Wildman–Crippen MR) is 225 cm³/mol. The molecule has 1 N–H and O–H groups in total. The van der Waals surface area contributed by atoms with Crippen molar-refractivity contribution in [2.75, 3.05) is 79.8 Å². The van der Waals surface area contributed by atoms with Crippen molar-refractivity contribution in [2.45, 2.75) is 97.9 Å². The molecule has 56 heavy (non-hydrogen) atoms. The second-order valence-corrected chi connectivity index (χ2v) is 21.0. The summed E-state index contributed by atoms with van der Waals surface area (Å²) in [7, 11) is 1.38. The number of rotatable bonds is 16. The van der Waals surface area contributed by atoms with Crippen LogP contribution in [0, 0.1) is 0 Å². The molecule has 0 saturated carbocycles. The zero-order valence-electron chi connectivity index (χ0n) is 34.8. The van der Waals surface area contributed by atoms with Crippen LogP contribution in [0.5, 0.6) is 11.5 Å². The SMILES string of the molecule is C.COc1ccc(CCC(=O)CN2CCN(C(C)=O)CC2CO)cc1.COc1ccc(CCC(=O)CN2CCN(C(C)=O)CC2CO[Si](C)(C)C(C)(C)C)cc1. The van der Waals surface area contributed by atoms with E-state index in [1.807, 2.05) is 58.3 Å². The lowest BCUT2D eigenvalue weighted by Crippen LogP contribution is -2.58. The number of benzene rings is 2. The van der Waals surface area contributed by atoms with Gasteiger partial charge >= 0.3 is 0 Å². The fourth-order valence-corrected chi connectivity index (χ4v) is 7.43. The van der Waals surface area contributed by atoms with Crippen molar-refractivity contribution < 1.29 is 38.2 Å². The van der Waals surface area contributed by atoms with Crippen LogP contribution in [-0.2, 0) is 36.4 Å². The Bertz CT molecular complexity index is 1530. The largest absolute Gasteiger partial charge is 0.497 e. The third-order valence-corrected chi connectivity index (χ3v) is 15.7. The Balaban J connectivity index is 0.000000392. The van der Waals surface area contributed by atoms with Crippen molar-refractivity contribution in [1.29, 1.82) is 0 Å². The van der Waals surface area contributed by atoms with Crippen molar-refractivity contribution in [3.05, 3.63) is 59.7 Å². The molecule has 2 atom stereocenters. The fourth-order valence-electron chi connectivity index (χ4n) is 6.39. The van der Waals surface area contributed by atoms with Crippen LogP contribution in [0.1, 0.15) is 66.0 Å². The summed E-state index contributed by atoms with van der Waals surface area (Å²) in [4.78, 5) is 56.2. The maximum Gasteiger partial charge on any atom is 0.219 e. The molecule has 2 unspecified atom stereocenters. The van der Waals surface area contributed by atoms with E-state index in [0.717, 1.165) is 29.0 Å². The van der Waals surface area contributed by atoms with Crippen LogP contribution in [0.25, 0.3) is 0 Å². The van der Waals surface area contributed by atoms with E-state index in [4.69, 9.17) is 13.9 Å². The number of amides is 2. The summed E-state index contributed by atoms with van der Waals surface area (Å²) in [5.74, 6) is 2.11. The molecule has 2 fully saturated rings. The third kappa shape index (κ3) is 15.4. The summed E-state index contributed by atoms with van der Waals surface area (Å²) in [5, 5.41) is 9.65. The van der Waals surface area contributed by atoms with E-state index in [-0.39, 0.29) is 54.5 Å². The van der Waals surface area contributed by atoms with Gasteiger partial charge in [0, 0.05) is 72.0 Å². The number of piperazine rings is 2. The van der Waals surface area contributed by atoms with Gasteiger partial charge in [0.1, 0.15) is 23.1 Å². The van der Waals surface area contributed by atoms with Gasteiger partial charge in [0.25, 0.3) is 0 Å². The van der Waals surface area contributed by atoms with Gasteiger partial charge in [0.15, 0.2) is 8.32 Å². The summed E-state index contributed by atoms with van der Waals surface area (Å²) in [6, 6.07) is 15.5. The minimum absolute atomic E-state index is 0. The average molecular weight is 799 g/mol. The van der Waals surface area contributed by atoms with Gasteiger partial charge in [-0.3, -0.25) is 29.0 Å². The number of hydrogen-bond donors (Lipinski definition) is 1. The fraction of sp³-hybridized carbons (Fsp3) is 0.628. The number of aliphatic hydroxyl groups is 1. The summed E-state index contributed by atoms with van der Waals surface area (Å²) >= 11 is 0. The molecule has 0 bridgehead atoms. The smallest absolute Gasteiger partial charge is 0.219 e. The molecule has 2 amide bonds. The maximum atomic E-state index is 12.8. The van der Waals surface area contributed by atoms with E-state index < -0.39 is 8.32 Å². The van der Waals surface area contributed by atoms with Gasteiger partial charge in [-0.25, -0.2) is 0 Å². The Kier molecular flexibility index (Phi) is 19.9. The molecule has 0 aliphatic carbocycles. The summed E-state index contributed by atoms with van der Waals surface area (Å²) in [6.07, 6.45) is 2.40. The summed E-state index contributed by atoms with van der Waals surface area (Å²) in [5.41, 5.74) is 2.23. The Morgan fingerprint density at radius 2 is 1.09 bits per heavy atom. The van der Waals surface area contributed by atoms with Crippen LogP contribution in [0.15, 0.2) is 48.5 Å². The lowest BCUT2D eigenvalue weighted by molar-refractivity contribution is -0.134.